The number of fused-ring (bicyclic) bond motifs is 1. The fourth-order valence-electron chi connectivity index (χ4n) is 2.54. The van der Waals surface area contributed by atoms with E-state index in [9.17, 15) is 9.36 Å². The molecule has 0 aliphatic heterocycles. The molecule has 0 aliphatic rings. The molecule has 1 heterocycles. The van der Waals surface area contributed by atoms with Gasteiger partial charge >= 0.3 is 13.2 Å². The Morgan fingerprint density at radius 1 is 1.13 bits per heavy atom. The van der Waals surface area contributed by atoms with Crippen molar-refractivity contribution < 1.29 is 22.8 Å². The first kappa shape index (κ1) is 17.7. The van der Waals surface area contributed by atoms with Crippen LogP contribution in [0.1, 0.15) is 25.0 Å². The lowest BCUT2D eigenvalue weighted by Crippen LogP contribution is -2.05. The van der Waals surface area contributed by atoms with E-state index in [0.717, 1.165) is 10.9 Å². The second-order valence-electron chi connectivity index (χ2n) is 5.01. The Balaban J connectivity index is 2.60. The van der Waals surface area contributed by atoms with Gasteiger partial charge in [-0.15, -0.1) is 0 Å². The van der Waals surface area contributed by atoms with E-state index in [1.54, 1.807) is 27.0 Å². The van der Waals surface area contributed by atoms with Crippen molar-refractivity contribution in [2.75, 3.05) is 20.3 Å². The molecule has 1 aromatic heterocycles. The van der Waals surface area contributed by atoms with Crippen LogP contribution < -0.4 is 10.4 Å². The summed E-state index contributed by atoms with van der Waals surface area (Å²) < 4.78 is 33.9. The van der Waals surface area contributed by atoms with Gasteiger partial charge in [0.05, 0.1) is 26.5 Å². The summed E-state index contributed by atoms with van der Waals surface area (Å²) in [6.45, 7) is 5.91. The summed E-state index contributed by atoms with van der Waals surface area (Å²) in [5.41, 5.74) is 1.32. The maximum Gasteiger partial charge on any atom is 0.336 e. The molecule has 23 heavy (non-hydrogen) atoms. The summed E-state index contributed by atoms with van der Waals surface area (Å²) >= 11 is 0. The largest absolute Gasteiger partial charge is 0.497 e. The van der Waals surface area contributed by atoms with Crippen LogP contribution in [0.2, 0.25) is 0 Å². The van der Waals surface area contributed by atoms with Crippen molar-refractivity contribution in [2.45, 2.75) is 26.9 Å². The van der Waals surface area contributed by atoms with Gasteiger partial charge < -0.3 is 18.2 Å². The summed E-state index contributed by atoms with van der Waals surface area (Å²) in [7, 11) is -1.77. The first-order valence-corrected chi connectivity index (χ1v) is 9.14. The lowest BCUT2D eigenvalue weighted by atomic mass is 10.1. The van der Waals surface area contributed by atoms with Gasteiger partial charge in [0.1, 0.15) is 11.3 Å². The third-order valence-corrected chi connectivity index (χ3v) is 5.38. The van der Waals surface area contributed by atoms with Gasteiger partial charge in [0.2, 0.25) is 0 Å². The Hall–Kier alpha value is -1.62. The van der Waals surface area contributed by atoms with Crippen LogP contribution in [0.25, 0.3) is 11.0 Å². The van der Waals surface area contributed by atoms with Gasteiger partial charge in [0.25, 0.3) is 0 Å². The van der Waals surface area contributed by atoms with Crippen LogP contribution in [0.4, 0.5) is 0 Å². The summed E-state index contributed by atoms with van der Waals surface area (Å²) in [5.74, 6) is 0.591. The molecule has 0 radical (unpaired) electrons. The van der Waals surface area contributed by atoms with E-state index in [1.165, 1.54) is 6.07 Å². The first-order chi connectivity index (χ1) is 10.9. The zero-order chi connectivity index (χ0) is 17.0. The van der Waals surface area contributed by atoms with Crippen LogP contribution >= 0.6 is 7.60 Å². The van der Waals surface area contributed by atoms with Crippen molar-refractivity contribution in [3.05, 3.63) is 39.7 Å². The zero-order valence-corrected chi connectivity index (χ0v) is 14.6. The Kier molecular flexibility index (Phi) is 5.63. The zero-order valence-electron chi connectivity index (χ0n) is 13.8. The van der Waals surface area contributed by atoms with Gasteiger partial charge in [-0.2, -0.15) is 0 Å². The van der Waals surface area contributed by atoms with E-state index in [-0.39, 0.29) is 19.4 Å². The number of ether oxygens (including phenoxy) is 1. The molecule has 0 amide bonds. The number of rotatable bonds is 7. The van der Waals surface area contributed by atoms with Crippen LogP contribution in [-0.4, -0.2) is 20.3 Å². The van der Waals surface area contributed by atoms with Crippen molar-refractivity contribution in [1.29, 1.82) is 0 Å². The van der Waals surface area contributed by atoms with Gasteiger partial charge in [0.15, 0.2) is 0 Å². The normalized spacial score (nSPS) is 11.8. The minimum Gasteiger partial charge on any atom is -0.497 e. The molecule has 0 saturated heterocycles. The Morgan fingerprint density at radius 3 is 2.35 bits per heavy atom. The average molecular weight is 340 g/mol. The SMILES string of the molecule is CCOP(=O)(Cc1cc(=O)oc2cc(OC)cc(C)c12)OCC. The van der Waals surface area contributed by atoms with E-state index in [0.29, 0.717) is 16.9 Å². The van der Waals surface area contributed by atoms with Crippen LogP contribution in [0.15, 0.2) is 27.4 Å². The molecule has 0 N–H and O–H groups in total. The van der Waals surface area contributed by atoms with Crippen molar-refractivity contribution in [1.82, 2.24) is 0 Å². The topological polar surface area (TPSA) is 75.0 Å². The van der Waals surface area contributed by atoms with E-state index < -0.39 is 13.2 Å². The van der Waals surface area contributed by atoms with Crippen LogP contribution in [-0.2, 0) is 19.8 Å². The van der Waals surface area contributed by atoms with E-state index in [2.05, 4.69) is 0 Å². The van der Waals surface area contributed by atoms with Crippen molar-refractivity contribution in [2.24, 2.45) is 0 Å². The predicted molar refractivity (Wildman–Crippen MR) is 88.3 cm³/mol. The maximum absolute atomic E-state index is 12.8. The third kappa shape index (κ3) is 4.02. The van der Waals surface area contributed by atoms with Crippen LogP contribution in [0.3, 0.4) is 0 Å². The minimum absolute atomic E-state index is 0.0178. The quantitative estimate of drug-likeness (QED) is 0.562. The summed E-state index contributed by atoms with van der Waals surface area (Å²) in [5, 5.41) is 0.727. The van der Waals surface area contributed by atoms with Crippen molar-refractivity contribution in [3.8, 4) is 5.75 Å². The Morgan fingerprint density at radius 2 is 1.78 bits per heavy atom. The van der Waals surface area contributed by atoms with Crippen LogP contribution in [0, 0.1) is 6.92 Å². The smallest absolute Gasteiger partial charge is 0.336 e. The van der Waals surface area contributed by atoms with Gasteiger partial charge in [-0.3, -0.25) is 4.57 Å². The number of hydrogen-bond acceptors (Lipinski definition) is 6. The highest BCUT2D eigenvalue weighted by Gasteiger charge is 2.26. The molecule has 0 fully saturated rings. The highest BCUT2D eigenvalue weighted by Crippen LogP contribution is 2.52. The Bertz CT molecular complexity index is 785. The predicted octanol–water partition coefficient (Wildman–Crippen LogP) is 3.88. The molecule has 1 aromatic carbocycles. The van der Waals surface area contributed by atoms with Gasteiger partial charge in [-0.05, 0) is 38.0 Å². The molecule has 126 valence electrons. The van der Waals surface area contributed by atoms with E-state index >= 15 is 0 Å². The molecule has 0 atom stereocenters. The summed E-state index contributed by atoms with van der Waals surface area (Å²) in [4.78, 5) is 11.8. The fraction of sp³-hybridized carbons (Fsp3) is 0.438. The average Bonchev–Trinajstić information content (AvgIpc) is 2.46. The second kappa shape index (κ2) is 7.30. The molecule has 2 aromatic rings. The molecule has 0 saturated carbocycles. The highest BCUT2D eigenvalue weighted by atomic mass is 31.2. The molecule has 7 heteroatoms. The third-order valence-electron chi connectivity index (χ3n) is 3.35. The number of hydrogen-bond donors (Lipinski definition) is 0. The summed E-state index contributed by atoms with van der Waals surface area (Å²) in [6.07, 6.45) is 0.0178. The summed E-state index contributed by atoms with van der Waals surface area (Å²) in [6, 6.07) is 4.81. The van der Waals surface area contributed by atoms with Crippen molar-refractivity contribution in [3.63, 3.8) is 0 Å². The fourth-order valence-corrected chi connectivity index (χ4v) is 4.25. The first-order valence-electron chi connectivity index (χ1n) is 7.42. The van der Waals surface area contributed by atoms with E-state index in [1.807, 2.05) is 13.0 Å². The van der Waals surface area contributed by atoms with Crippen molar-refractivity contribution >= 4 is 18.6 Å². The lowest BCUT2D eigenvalue weighted by Gasteiger charge is -2.18. The molecular weight excluding hydrogens is 319 g/mol. The number of benzene rings is 1. The monoisotopic (exact) mass is 340 g/mol. The number of aryl methyl sites for hydroxylation is 1. The minimum atomic E-state index is -3.32. The molecule has 0 bridgehead atoms. The van der Waals surface area contributed by atoms with Gasteiger partial charge in [-0.1, -0.05) is 0 Å². The molecular formula is C16H21O6P. The molecule has 0 aliphatic carbocycles. The number of methoxy groups -OCH3 is 1. The second-order valence-corrected chi connectivity index (χ2v) is 7.07. The Labute approximate surface area is 134 Å². The van der Waals surface area contributed by atoms with Gasteiger partial charge in [0, 0.05) is 17.5 Å². The van der Waals surface area contributed by atoms with E-state index in [4.69, 9.17) is 18.2 Å². The lowest BCUT2D eigenvalue weighted by molar-refractivity contribution is 0.219. The molecule has 0 unspecified atom stereocenters. The maximum atomic E-state index is 12.8. The highest BCUT2D eigenvalue weighted by molar-refractivity contribution is 7.53. The van der Waals surface area contributed by atoms with Gasteiger partial charge in [-0.25, -0.2) is 4.79 Å². The standard InChI is InChI=1S/C16H21O6P/c1-5-20-23(18,21-6-2)10-12-8-15(17)22-14-9-13(19-4)7-11(3)16(12)14/h7-9H,5-6,10H2,1-4H3. The molecule has 0 spiro atoms. The molecule has 6 nitrogen and oxygen atoms in total. The molecule has 2 rings (SSSR count). The van der Waals surface area contributed by atoms with Crippen LogP contribution in [0.5, 0.6) is 5.75 Å².